The zero-order valence-corrected chi connectivity index (χ0v) is 11.0. The van der Waals surface area contributed by atoms with Crippen molar-refractivity contribution in [2.45, 2.75) is 6.92 Å². The van der Waals surface area contributed by atoms with Gasteiger partial charge in [0.05, 0.1) is 10.6 Å². The molecule has 20 heavy (non-hydrogen) atoms. The fourth-order valence-electron chi connectivity index (χ4n) is 1.74. The summed E-state index contributed by atoms with van der Waals surface area (Å²) in [6.07, 6.45) is 0. The first-order valence-electron chi connectivity index (χ1n) is 5.88. The van der Waals surface area contributed by atoms with Crippen LogP contribution in [0.15, 0.2) is 30.3 Å². The summed E-state index contributed by atoms with van der Waals surface area (Å²) in [5.41, 5.74) is 0.596. The highest BCUT2D eigenvalue weighted by Crippen LogP contribution is 2.29. The third kappa shape index (κ3) is 2.66. The SMILES string of the molecule is CNc1ccc([N+](=O)[O-])c(Nc2c(C)cccc2F)n1. The van der Waals surface area contributed by atoms with Crippen molar-refractivity contribution in [3.63, 3.8) is 0 Å². The predicted molar refractivity (Wildman–Crippen MR) is 74.9 cm³/mol. The normalized spacial score (nSPS) is 10.2. The molecule has 0 atom stereocenters. The lowest BCUT2D eigenvalue weighted by Crippen LogP contribution is -2.04. The second kappa shape index (κ2) is 5.52. The Balaban J connectivity index is 2.49. The Morgan fingerprint density at radius 3 is 2.65 bits per heavy atom. The van der Waals surface area contributed by atoms with Crippen LogP contribution in [0.2, 0.25) is 0 Å². The van der Waals surface area contributed by atoms with E-state index < -0.39 is 10.7 Å². The molecule has 6 nitrogen and oxygen atoms in total. The number of para-hydroxylation sites is 1. The lowest BCUT2D eigenvalue weighted by molar-refractivity contribution is -0.384. The Morgan fingerprint density at radius 2 is 2.05 bits per heavy atom. The minimum Gasteiger partial charge on any atom is -0.373 e. The van der Waals surface area contributed by atoms with Crippen LogP contribution in [0.3, 0.4) is 0 Å². The molecule has 1 heterocycles. The Labute approximate surface area is 114 Å². The summed E-state index contributed by atoms with van der Waals surface area (Å²) in [5.74, 6) is -0.0434. The second-order valence-corrected chi connectivity index (χ2v) is 4.13. The summed E-state index contributed by atoms with van der Waals surface area (Å²) in [4.78, 5) is 14.5. The molecule has 0 radical (unpaired) electrons. The monoisotopic (exact) mass is 276 g/mol. The molecule has 0 aliphatic rings. The fraction of sp³-hybridized carbons (Fsp3) is 0.154. The van der Waals surface area contributed by atoms with E-state index in [4.69, 9.17) is 0 Å². The summed E-state index contributed by atoms with van der Waals surface area (Å²) in [5, 5.41) is 16.5. The smallest absolute Gasteiger partial charge is 0.311 e. The van der Waals surface area contributed by atoms with E-state index in [1.54, 1.807) is 26.1 Å². The molecule has 0 aliphatic carbocycles. The molecule has 7 heteroatoms. The molecule has 1 aromatic carbocycles. The summed E-state index contributed by atoms with van der Waals surface area (Å²) in [6, 6.07) is 7.36. The lowest BCUT2D eigenvalue weighted by Gasteiger charge is -2.11. The minimum atomic E-state index is -0.565. The van der Waals surface area contributed by atoms with E-state index in [0.717, 1.165) is 0 Å². The highest BCUT2D eigenvalue weighted by atomic mass is 19.1. The number of hydrogen-bond acceptors (Lipinski definition) is 5. The number of rotatable bonds is 4. The molecule has 0 fully saturated rings. The molecule has 0 unspecified atom stereocenters. The van der Waals surface area contributed by atoms with Gasteiger partial charge in [0.1, 0.15) is 11.6 Å². The Hall–Kier alpha value is -2.70. The maximum atomic E-state index is 13.8. The molecular weight excluding hydrogens is 263 g/mol. The summed E-state index contributed by atoms with van der Waals surface area (Å²) >= 11 is 0. The minimum absolute atomic E-state index is 0.00458. The average Bonchev–Trinajstić information content (AvgIpc) is 2.42. The second-order valence-electron chi connectivity index (χ2n) is 4.13. The van der Waals surface area contributed by atoms with E-state index in [2.05, 4.69) is 15.6 Å². The topological polar surface area (TPSA) is 80.1 Å². The van der Waals surface area contributed by atoms with E-state index in [0.29, 0.717) is 11.4 Å². The first-order valence-corrected chi connectivity index (χ1v) is 5.88. The van der Waals surface area contributed by atoms with E-state index >= 15 is 0 Å². The largest absolute Gasteiger partial charge is 0.373 e. The van der Waals surface area contributed by atoms with Crippen LogP contribution < -0.4 is 10.6 Å². The van der Waals surface area contributed by atoms with Gasteiger partial charge in [0.2, 0.25) is 5.82 Å². The van der Waals surface area contributed by atoms with Gasteiger partial charge in [-0.2, -0.15) is 0 Å². The van der Waals surface area contributed by atoms with Crippen LogP contribution in [0.25, 0.3) is 0 Å². The van der Waals surface area contributed by atoms with Gasteiger partial charge in [-0.15, -0.1) is 0 Å². The van der Waals surface area contributed by atoms with Crippen molar-refractivity contribution in [3.8, 4) is 0 Å². The van der Waals surface area contributed by atoms with Crippen molar-refractivity contribution in [3.05, 3.63) is 51.8 Å². The summed E-state index contributed by atoms with van der Waals surface area (Å²) in [6.45, 7) is 1.71. The first-order chi connectivity index (χ1) is 9.52. The van der Waals surface area contributed by atoms with Gasteiger partial charge in [-0.3, -0.25) is 10.1 Å². The van der Waals surface area contributed by atoms with Gasteiger partial charge in [-0.1, -0.05) is 12.1 Å². The molecular formula is C13H13FN4O2. The van der Waals surface area contributed by atoms with Gasteiger partial charge >= 0.3 is 5.69 Å². The quantitative estimate of drug-likeness (QED) is 0.662. The molecule has 0 saturated carbocycles. The van der Waals surface area contributed by atoms with Crippen LogP contribution in [-0.4, -0.2) is 17.0 Å². The molecule has 0 aliphatic heterocycles. The van der Waals surface area contributed by atoms with Gasteiger partial charge in [0, 0.05) is 13.1 Å². The van der Waals surface area contributed by atoms with Crippen molar-refractivity contribution >= 4 is 23.0 Å². The molecule has 104 valence electrons. The number of pyridine rings is 1. The number of halogens is 1. The third-order valence-electron chi connectivity index (χ3n) is 2.79. The average molecular weight is 276 g/mol. The number of nitrogens with one attached hydrogen (secondary N) is 2. The van der Waals surface area contributed by atoms with E-state index in [9.17, 15) is 14.5 Å². The highest BCUT2D eigenvalue weighted by molar-refractivity contribution is 5.69. The van der Waals surface area contributed by atoms with Gasteiger partial charge in [0.25, 0.3) is 0 Å². The molecule has 1 aromatic heterocycles. The number of hydrogen-bond donors (Lipinski definition) is 2. The van der Waals surface area contributed by atoms with Crippen molar-refractivity contribution < 1.29 is 9.31 Å². The van der Waals surface area contributed by atoms with E-state index in [1.807, 2.05) is 0 Å². The van der Waals surface area contributed by atoms with Gasteiger partial charge in [0.15, 0.2) is 0 Å². The van der Waals surface area contributed by atoms with Gasteiger partial charge in [-0.25, -0.2) is 9.37 Å². The van der Waals surface area contributed by atoms with E-state index in [-0.39, 0.29) is 17.2 Å². The Kier molecular flexibility index (Phi) is 3.79. The molecule has 0 saturated heterocycles. The summed E-state index contributed by atoms with van der Waals surface area (Å²) < 4.78 is 13.8. The van der Waals surface area contributed by atoms with Crippen LogP contribution in [0.5, 0.6) is 0 Å². The van der Waals surface area contributed by atoms with Crippen molar-refractivity contribution in [2.24, 2.45) is 0 Å². The molecule has 2 N–H and O–H groups in total. The number of nitrogens with zero attached hydrogens (tertiary/aromatic N) is 2. The van der Waals surface area contributed by atoms with Crippen molar-refractivity contribution in [2.75, 3.05) is 17.7 Å². The van der Waals surface area contributed by atoms with Gasteiger partial charge < -0.3 is 10.6 Å². The molecule has 2 aromatic rings. The molecule has 0 spiro atoms. The van der Waals surface area contributed by atoms with E-state index in [1.165, 1.54) is 18.2 Å². The zero-order chi connectivity index (χ0) is 14.7. The molecule has 0 bridgehead atoms. The molecule has 0 amide bonds. The standard InChI is InChI=1S/C13H13FN4O2/c1-8-4-3-5-9(14)12(8)17-13-10(18(19)20)6-7-11(15-2)16-13/h3-7H,1-2H3,(H2,15,16,17). The van der Waals surface area contributed by atoms with Crippen LogP contribution in [-0.2, 0) is 0 Å². The van der Waals surface area contributed by atoms with Crippen LogP contribution >= 0.6 is 0 Å². The number of anilines is 3. The zero-order valence-electron chi connectivity index (χ0n) is 11.0. The number of nitro groups is 1. The van der Waals surface area contributed by atoms with Crippen LogP contribution in [0.4, 0.5) is 27.4 Å². The van der Waals surface area contributed by atoms with Crippen molar-refractivity contribution in [1.29, 1.82) is 0 Å². The van der Waals surface area contributed by atoms with Crippen LogP contribution in [0.1, 0.15) is 5.56 Å². The van der Waals surface area contributed by atoms with Crippen molar-refractivity contribution in [1.82, 2.24) is 4.98 Å². The third-order valence-corrected chi connectivity index (χ3v) is 2.79. The predicted octanol–water partition coefficient (Wildman–Crippen LogP) is 3.22. The highest BCUT2D eigenvalue weighted by Gasteiger charge is 2.18. The Morgan fingerprint density at radius 1 is 1.30 bits per heavy atom. The summed E-state index contributed by atoms with van der Waals surface area (Å²) in [7, 11) is 1.65. The van der Waals surface area contributed by atoms with Crippen LogP contribution in [0, 0.1) is 22.9 Å². The van der Waals surface area contributed by atoms with Gasteiger partial charge in [-0.05, 0) is 24.6 Å². The fourth-order valence-corrected chi connectivity index (χ4v) is 1.74. The maximum Gasteiger partial charge on any atom is 0.311 e. The lowest BCUT2D eigenvalue weighted by atomic mass is 10.2. The molecule has 2 rings (SSSR count). The first kappa shape index (κ1) is 13.7. The Bertz CT molecular complexity index is 641. The number of benzene rings is 1. The number of aromatic nitrogens is 1. The maximum absolute atomic E-state index is 13.8. The number of aryl methyl sites for hydroxylation is 1.